The lowest BCUT2D eigenvalue weighted by Gasteiger charge is -2.38. The molecule has 4 heteroatoms. The van der Waals surface area contributed by atoms with Crippen LogP contribution in [0.2, 0.25) is 0 Å². The van der Waals surface area contributed by atoms with Crippen LogP contribution in [-0.4, -0.2) is 36.1 Å². The summed E-state index contributed by atoms with van der Waals surface area (Å²) in [7, 11) is 0. The SMILES string of the molecule is CCC1COC(C)CN1C(=O)c1ccc(C#N)cc1. The van der Waals surface area contributed by atoms with Crippen molar-refractivity contribution in [3.8, 4) is 6.07 Å². The van der Waals surface area contributed by atoms with Crippen molar-refractivity contribution in [1.29, 1.82) is 5.26 Å². The van der Waals surface area contributed by atoms with Crippen LogP contribution in [0.1, 0.15) is 36.2 Å². The van der Waals surface area contributed by atoms with E-state index in [9.17, 15) is 4.79 Å². The number of ether oxygens (including phenoxy) is 1. The monoisotopic (exact) mass is 258 g/mol. The predicted molar refractivity (Wildman–Crippen MR) is 71.7 cm³/mol. The second-order valence-corrected chi connectivity index (χ2v) is 4.85. The third-order valence-electron chi connectivity index (χ3n) is 3.46. The highest BCUT2D eigenvalue weighted by Gasteiger charge is 2.29. The van der Waals surface area contributed by atoms with Crippen molar-refractivity contribution in [3.05, 3.63) is 35.4 Å². The van der Waals surface area contributed by atoms with Crippen molar-refractivity contribution < 1.29 is 9.53 Å². The van der Waals surface area contributed by atoms with Gasteiger partial charge in [0.05, 0.1) is 30.4 Å². The molecule has 2 unspecified atom stereocenters. The standard InChI is InChI=1S/C15H18N2O2/c1-3-14-10-19-11(2)9-17(14)15(18)13-6-4-12(8-16)5-7-13/h4-7,11,14H,3,9-10H2,1-2H3. The third kappa shape index (κ3) is 2.94. The lowest BCUT2D eigenvalue weighted by Crippen LogP contribution is -2.51. The number of benzene rings is 1. The van der Waals surface area contributed by atoms with Gasteiger partial charge in [0.25, 0.3) is 5.91 Å². The molecule has 1 aliphatic rings. The van der Waals surface area contributed by atoms with E-state index in [4.69, 9.17) is 10.00 Å². The van der Waals surface area contributed by atoms with E-state index in [-0.39, 0.29) is 18.1 Å². The van der Waals surface area contributed by atoms with E-state index in [1.807, 2.05) is 11.8 Å². The zero-order valence-electron chi connectivity index (χ0n) is 11.3. The predicted octanol–water partition coefficient (Wildman–Crippen LogP) is 2.20. The molecule has 1 amide bonds. The number of hydrogen-bond acceptors (Lipinski definition) is 3. The minimum atomic E-state index is 0.0199. The summed E-state index contributed by atoms with van der Waals surface area (Å²) in [5.74, 6) is 0.0199. The first-order valence-corrected chi connectivity index (χ1v) is 6.58. The molecule has 1 heterocycles. The largest absolute Gasteiger partial charge is 0.375 e. The lowest BCUT2D eigenvalue weighted by molar-refractivity contribution is -0.0444. The number of nitriles is 1. The second kappa shape index (κ2) is 5.85. The minimum Gasteiger partial charge on any atom is -0.375 e. The van der Waals surface area contributed by atoms with E-state index in [0.717, 1.165) is 6.42 Å². The number of nitrogens with zero attached hydrogens (tertiary/aromatic N) is 2. The van der Waals surface area contributed by atoms with Crippen LogP contribution in [0, 0.1) is 11.3 Å². The zero-order chi connectivity index (χ0) is 13.8. The highest BCUT2D eigenvalue weighted by molar-refractivity contribution is 5.94. The molecule has 0 spiro atoms. The van der Waals surface area contributed by atoms with Gasteiger partial charge in [0.15, 0.2) is 0 Å². The first-order valence-electron chi connectivity index (χ1n) is 6.58. The van der Waals surface area contributed by atoms with Gasteiger partial charge in [0.2, 0.25) is 0 Å². The Morgan fingerprint density at radius 3 is 2.74 bits per heavy atom. The molecule has 1 aromatic rings. The molecule has 0 radical (unpaired) electrons. The number of carbonyl (C=O) groups is 1. The Kier molecular flexibility index (Phi) is 4.18. The summed E-state index contributed by atoms with van der Waals surface area (Å²) in [4.78, 5) is 14.4. The number of morpholine rings is 1. The normalized spacial score (nSPS) is 22.9. The number of amides is 1. The van der Waals surface area contributed by atoms with Crippen LogP contribution >= 0.6 is 0 Å². The maximum atomic E-state index is 12.5. The Morgan fingerprint density at radius 1 is 1.47 bits per heavy atom. The van der Waals surface area contributed by atoms with Gasteiger partial charge < -0.3 is 9.64 Å². The molecule has 1 fully saturated rings. The fraction of sp³-hybridized carbons (Fsp3) is 0.467. The molecule has 1 saturated heterocycles. The van der Waals surface area contributed by atoms with Gasteiger partial charge in [-0.1, -0.05) is 6.92 Å². The molecule has 0 saturated carbocycles. The second-order valence-electron chi connectivity index (χ2n) is 4.85. The molecule has 1 aromatic carbocycles. The summed E-state index contributed by atoms with van der Waals surface area (Å²) in [6, 6.07) is 8.98. The first kappa shape index (κ1) is 13.6. The molecule has 0 bridgehead atoms. The molecular weight excluding hydrogens is 240 g/mol. The van der Waals surface area contributed by atoms with Gasteiger partial charge in [-0.05, 0) is 37.6 Å². The van der Waals surface area contributed by atoms with Crippen molar-refractivity contribution in [2.24, 2.45) is 0 Å². The minimum absolute atomic E-state index is 0.0199. The Labute approximate surface area is 113 Å². The summed E-state index contributed by atoms with van der Waals surface area (Å²) in [6.07, 6.45) is 0.958. The van der Waals surface area contributed by atoms with E-state index in [0.29, 0.717) is 24.3 Å². The Hall–Kier alpha value is -1.86. The molecule has 0 aromatic heterocycles. The Bertz CT molecular complexity index is 490. The van der Waals surface area contributed by atoms with Crippen LogP contribution in [0.25, 0.3) is 0 Å². The molecule has 4 nitrogen and oxygen atoms in total. The Morgan fingerprint density at radius 2 is 2.16 bits per heavy atom. The summed E-state index contributed by atoms with van der Waals surface area (Å²) < 4.78 is 5.60. The van der Waals surface area contributed by atoms with Crippen LogP contribution < -0.4 is 0 Å². The van der Waals surface area contributed by atoms with Gasteiger partial charge in [0.1, 0.15) is 0 Å². The maximum Gasteiger partial charge on any atom is 0.254 e. The van der Waals surface area contributed by atoms with Gasteiger partial charge in [-0.3, -0.25) is 4.79 Å². The topological polar surface area (TPSA) is 53.3 Å². The summed E-state index contributed by atoms with van der Waals surface area (Å²) in [5, 5.41) is 8.77. The molecular formula is C15H18N2O2. The molecule has 0 N–H and O–H groups in total. The Balaban J connectivity index is 2.18. The lowest BCUT2D eigenvalue weighted by atomic mass is 10.1. The van der Waals surface area contributed by atoms with Crippen LogP contribution in [-0.2, 0) is 4.74 Å². The fourth-order valence-corrected chi connectivity index (χ4v) is 2.28. The number of rotatable bonds is 2. The van der Waals surface area contributed by atoms with Gasteiger partial charge in [-0.15, -0.1) is 0 Å². The van der Waals surface area contributed by atoms with E-state index in [1.54, 1.807) is 24.3 Å². The highest BCUT2D eigenvalue weighted by Crippen LogP contribution is 2.18. The van der Waals surface area contributed by atoms with Gasteiger partial charge in [-0.25, -0.2) is 0 Å². The van der Waals surface area contributed by atoms with E-state index >= 15 is 0 Å². The van der Waals surface area contributed by atoms with Crippen molar-refractivity contribution in [2.75, 3.05) is 13.2 Å². The van der Waals surface area contributed by atoms with Gasteiger partial charge in [-0.2, -0.15) is 5.26 Å². The molecule has 19 heavy (non-hydrogen) atoms. The van der Waals surface area contributed by atoms with Gasteiger partial charge >= 0.3 is 0 Å². The van der Waals surface area contributed by atoms with Crippen molar-refractivity contribution in [1.82, 2.24) is 4.90 Å². The number of hydrogen-bond donors (Lipinski definition) is 0. The number of carbonyl (C=O) groups excluding carboxylic acids is 1. The van der Waals surface area contributed by atoms with Crippen molar-refractivity contribution in [3.63, 3.8) is 0 Å². The summed E-state index contributed by atoms with van der Waals surface area (Å²) in [6.45, 7) is 5.25. The van der Waals surface area contributed by atoms with Crippen molar-refractivity contribution in [2.45, 2.75) is 32.4 Å². The molecule has 1 aliphatic heterocycles. The molecule has 0 aliphatic carbocycles. The summed E-state index contributed by atoms with van der Waals surface area (Å²) >= 11 is 0. The van der Waals surface area contributed by atoms with Crippen LogP contribution in [0.4, 0.5) is 0 Å². The average molecular weight is 258 g/mol. The molecule has 2 rings (SSSR count). The average Bonchev–Trinajstić information content (AvgIpc) is 2.46. The summed E-state index contributed by atoms with van der Waals surface area (Å²) in [5.41, 5.74) is 1.20. The van der Waals surface area contributed by atoms with E-state index in [2.05, 4.69) is 13.0 Å². The highest BCUT2D eigenvalue weighted by atomic mass is 16.5. The smallest absolute Gasteiger partial charge is 0.254 e. The quantitative estimate of drug-likeness (QED) is 0.817. The van der Waals surface area contributed by atoms with E-state index in [1.165, 1.54) is 0 Å². The van der Waals surface area contributed by atoms with Crippen LogP contribution in [0.15, 0.2) is 24.3 Å². The van der Waals surface area contributed by atoms with E-state index < -0.39 is 0 Å². The maximum absolute atomic E-state index is 12.5. The van der Waals surface area contributed by atoms with Crippen molar-refractivity contribution >= 4 is 5.91 Å². The molecule has 2 atom stereocenters. The zero-order valence-corrected chi connectivity index (χ0v) is 11.3. The fourth-order valence-electron chi connectivity index (χ4n) is 2.28. The van der Waals surface area contributed by atoms with Crippen LogP contribution in [0.5, 0.6) is 0 Å². The molecule has 100 valence electrons. The van der Waals surface area contributed by atoms with Crippen LogP contribution in [0.3, 0.4) is 0 Å². The third-order valence-corrected chi connectivity index (χ3v) is 3.46. The first-order chi connectivity index (χ1) is 9.15. The van der Waals surface area contributed by atoms with Gasteiger partial charge in [0, 0.05) is 12.1 Å².